The van der Waals surface area contributed by atoms with Crippen molar-refractivity contribution < 1.29 is 17.9 Å². The molecule has 0 bridgehead atoms. The molecule has 0 fully saturated rings. The van der Waals surface area contributed by atoms with Gasteiger partial charge in [0.15, 0.2) is 5.69 Å². The van der Waals surface area contributed by atoms with Crippen molar-refractivity contribution >= 4 is 15.9 Å². The number of hydrogen-bond acceptors (Lipinski definition) is 5. The Morgan fingerprint density at radius 2 is 2.10 bits per heavy atom. The van der Waals surface area contributed by atoms with Gasteiger partial charge in [-0.2, -0.15) is 5.10 Å². The van der Waals surface area contributed by atoms with E-state index < -0.39 is 15.9 Å². The third-order valence-corrected chi connectivity index (χ3v) is 3.88. The first-order valence-corrected chi connectivity index (χ1v) is 8.09. The molecule has 120 valence electrons. The minimum Gasteiger partial charge on any atom is -0.383 e. The summed E-state index contributed by atoms with van der Waals surface area (Å²) < 4.78 is 28.2. The lowest BCUT2D eigenvalue weighted by Gasteiger charge is -2.23. The highest BCUT2D eigenvalue weighted by Crippen LogP contribution is 2.18. The van der Waals surface area contributed by atoms with E-state index in [4.69, 9.17) is 9.88 Å². The van der Waals surface area contributed by atoms with Crippen molar-refractivity contribution in [3.8, 4) is 0 Å². The molecule has 0 spiro atoms. The van der Waals surface area contributed by atoms with Crippen molar-refractivity contribution in [2.75, 3.05) is 26.8 Å². The molecule has 9 heteroatoms. The summed E-state index contributed by atoms with van der Waals surface area (Å²) in [5, 5.41) is 11.5. The van der Waals surface area contributed by atoms with Gasteiger partial charge in [-0.15, -0.1) is 0 Å². The molecule has 1 heterocycles. The fourth-order valence-corrected chi connectivity index (χ4v) is 2.85. The zero-order valence-electron chi connectivity index (χ0n) is 12.7. The Morgan fingerprint density at radius 1 is 1.48 bits per heavy atom. The Labute approximate surface area is 124 Å². The standard InChI is InChI=1S/C12H22N4O4S/c1-8(2)7-16(5-6-20-4)12(17)10-11(21(13,18)19)9(3)14-15-10/h8H,5-7H2,1-4H3,(H,14,15)(H2,13,18,19). The molecule has 0 aliphatic heterocycles. The molecule has 0 saturated heterocycles. The highest BCUT2D eigenvalue weighted by molar-refractivity contribution is 7.89. The number of H-pyrrole nitrogens is 1. The lowest BCUT2D eigenvalue weighted by molar-refractivity contribution is 0.0662. The number of rotatable bonds is 7. The molecule has 1 aromatic heterocycles. The molecule has 1 aromatic rings. The summed E-state index contributed by atoms with van der Waals surface area (Å²) in [6.45, 7) is 6.60. The van der Waals surface area contributed by atoms with E-state index in [0.717, 1.165) is 0 Å². The average molecular weight is 318 g/mol. The van der Waals surface area contributed by atoms with E-state index >= 15 is 0 Å². The second kappa shape index (κ2) is 7.01. The van der Waals surface area contributed by atoms with Crippen LogP contribution in [0, 0.1) is 12.8 Å². The SMILES string of the molecule is COCCN(CC(C)C)C(=O)c1n[nH]c(C)c1S(N)(=O)=O. The molecule has 21 heavy (non-hydrogen) atoms. The van der Waals surface area contributed by atoms with Crippen LogP contribution in [0.5, 0.6) is 0 Å². The third-order valence-electron chi connectivity index (χ3n) is 2.82. The van der Waals surface area contributed by atoms with Gasteiger partial charge in [-0.3, -0.25) is 9.89 Å². The summed E-state index contributed by atoms with van der Waals surface area (Å²) in [6, 6.07) is 0. The lowest BCUT2D eigenvalue weighted by Crippen LogP contribution is -2.37. The van der Waals surface area contributed by atoms with E-state index in [2.05, 4.69) is 10.2 Å². The summed E-state index contributed by atoms with van der Waals surface area (Å²) >= 11 is 0. The second-order valence-electron chi connectivity index (χ2n) is 5.21. The van der Waals surface area contributed by atoms with Gasteiger partial charge in [0.2, 0.25) is 10.0 Å². The second-order valence-corrected chi connectivity index (χ2v) is 6.71. The molecule has 1 amide bonds. The number of ether oxygens (including phenoxy) is 1. The van der Waals surface area contributed by atoms with Gasteiger partial charge >= 0.3 is 0 Å². The number of nitrogens with one attached hydrogen (secondary N) is 1. The Kier molecular flexibility index (Phi) is 5.87. The monoisotopic (exact) mass is 318 g/mol. The normalized spacial score (nSPS) is 11.9. The molecular formula is C12H22N4O4S. The first-order valence-electron chi connectivity index (χ1n) is 6.54. The molecule has 1 rings (SSSR count). The van der Waals surface area contributed by atoms with Gasteiger partial charge in [0, 0.05) is 20.2 Å². The van der Waals surface area contributed by atoms with Gasteiger partial charge in [0.05, 0.1) is 12.3 Å². The van der Waals surface area contributed by atoms with Crippen molar-refractivity contribution in [1.82, 2.24) is 15.1 Å². The number of carbonyl (C=O) groups is 1. The number of primary sulfonamides is 1. The fourth-order valence-electron chi connectivity index (χ4n) is 1.98. The summed E-state index contributed by atoms with van der Waals surface area (Å²) in [5.74, 6) is -0.252. The topological polar surface area (TPSA) is 118 Å². The maximum Gasteiger partial charge on any atom is 0.275 e. The van der Waals surface area contributed by atoms with Gasteiger partial charge in [-0.1, -0.05) is 13.8 Å². The number of aromatic amines is 1. The largest absolute Gasteiger partial charge is 0.383 e. The summed E-state index contributed by atoms with van der Waals surface area (Å²) in [7, 11) is -2.49. The van der Waals surface area contributed by atoms with E-state index in [-0.39, 0.29) is 22.2 Å². The fraction of sp³-hybridized carbons (Fsp3) is 0.667. The number of nitrogens with two attached hydrogens (primary N) is 1. The molecule has 0 unspecified atom stereocenters. The number of carbonyl (C=O) groups excluding carboxylic acids is 1. The summed E-state index contributed by atoms with van der Waals surface area (Å²) in [6.07, 6.45) is 0. The van der Waals surface area contributed by atoms with Crippen LogP contribution in [0.15, 0.2) is 4.90 Å². The predicted molar refractivity (Wildman–Crippen MR) is 77.3 cm³/mol. The van der Waals surface area contributed by atoms with Gasteiger partial charge < -0.3 is 9.64 Å². The molecule has 0 aliphatic rings. The van der Waals surface area contributed by atoms with Gasteiger partial charge in [0.25, 0.3) is 5.91 Å². The lowest BCUT2D eigenvalue weighted by atomic mass is 10.2. The predicted octanol–water partition coefficient (Wildman–Crippen LogP) is 0.110. The highest BCUT2D eigenvalue weighted by Gasteiger charge is 2.29. The minimum absolute atomic E-state index is 0.174. The van der Waals surface area contributed by atoms with Crippen LogP contribution in [0.1, 0.15) is 30.0 Å². The molecule has 0 saturated carbocycles. The Morgan fingerprint density at radius 3 is 2.57 bits per heavy atom. The van der Waals surface area contributed by atoms with Gasteiger partial charge in [-0.25, -0.2) is 13.6 Å². The molecule has 8 nitrogen and oxygen atoms in total. The number of aromatic nitrogens is 2. The van der Waals surface area contributed by atoms with Gasteiger partial charge in [0.1, 0.15) is 4.90 Å². The summed E-state index contributed by atoms with van der Waals surface area (Å²) in [5.41, 5.74) is 0.0730. The zero-order valence-corrected chi connectivity index (χ0v) is 13.5. The molecule has 0 aromatic carbocycles. The number of aryl methyl sites for hydroxylation is 1. The molecule has 0 aliphatic carbocycles. The highest BCUT2D eigenvalue weighted by atomic mass is 32.2. The minimum atomic E-state index is -4.02. The van der Waals surface area contributed by atoms with Crippen LogP contribution in [-0.2, 0) is 14.8 Å². The van der Waals surface area contributed by atoms with Crippen LogP contribution in [0.4, 0.5) is 0 Å². The Hall–Kier alpha value is -1.45. The van der Waals surface area contributed by atoms with Crippen LogP contribution in [0.3, 0.4) is 0 Å². The first kappa shape index (κ1) is 17.6. The Bertz CT molecular complexity index is 594. The molecular weight excluding hydrogens is 296 g/mol. The average Bonchev–Trinajstić information content (AvgIpc) is 2.75. The van der Waals surface area contributed by atoms with Crippen LogP contribution >= 0.6 is 0 Å². The van der Waals surface area contributed by atoms with Crippen molar-refractivity contribution in [2.24, 2.45) is 11.1 Å². The Balaban J connectivity index is 3.15. The van der Waals surface area contributed by atoms with Crippen molar-refractivity contribution in [3.63, 3.8) is 0 Å². The molecule has 3 N–H and O–H groups in total. The number of nitrogens with zero attached hydrogens (tertiary/aromatic N) is 2. The van der Waals surface area contributed by atoms with E-state index in [1.54, 1.807) is 0 Å². The van der Waals surface area contributed by atoms with E-state index in [9.17, 15) is 13.2 Å². The maximum atomic E-state index is 12.5. The third kappa shape index (κ3) is 4.51. The van der Waals surface area contributed by atoms with Crippen LogP contribution in [0.2, 0.25) is 0 Å². The first-order chi connectivity index (χ1) is 9.68. The maximum absolute atomic E-state index is 12.5. The van der Waals surface area contributed by atoms with Crippen molar-refractivity contribution in [2.45, 2.75) is 25.7 Å². The molecule has 0 atom stereocenters. The van der Waals surface area contributed by atoms with E-state index in [1.807, 2.05) is 13.8 Å². The quantitative estimate of drug-likeness (QED) is 0.739. The van der Waals surface area contributed by atoms with E-state index in [1.165, 1.54) is 18.9 Å². The summed E-state index contributed by atoms with van der Waals surface area (Å²) in [4.78, 5) is 13.8. The number of amides is 1. The van der Waals surface area contributed by atoms with Crippen molar-refractivity contribution in [1.29, 1.82) is 0 Å². The smallest absolute Gasteiger partial charge is 0.275 e. The van der Waals surface area contributed by atoms with Crippen LogP contribution in [-0.4, -0.2) is 56.2 Å². The van der Waals surface area contributed by atoms with Crippen molar-refractivity contribution in [3.05, 3.63) is 11.4 Å². The van der Waals surface area contributed by atoms with Gasteiger partial charge in [-0.05, 0) is 12.8 Å². The van der Waals surface area contributed by atoms with Crippen LogP contribution < -0.4 is 5.14 Å². The zero-order chi connectivity index (χ0) is 16.2. The van der Waals surface area contributed by atoms with E-state index in [0.29, 0.717) is 19.7 Å². The van der Waals surface area contributed by atoms with Crippen LogP contribution in [0.25, 0.3) is 0 Å². The molecule has 0 radical (unpaired) electrons. The number of methoxy groups -OCH3 is 1. The number of hydrogen-bond donors (Lipinski definition) is 2. The number of sulfonamides is 1.